The lowest BCUT2D eigenvalue weighted by Crippen LogP contribution is -2.05. The van der Waals surface area contributed by atoms with Gasteiger partial charge in [0.15, 0.2) is 0 Å². The predicted molar refractivity (Wildman–Crippen MR) is 50.9 cm³/mol. The van der Waals surface area contributed by atoms with Crippen LogP contribution < -0.4 is 0 Å². The van der Waals surface area contributed by atoms with Crippen molar-refractivity contribution in [1.82, 2.24) is 0 Å². The van der Waals surface area contributed by atoms with Crippen molar-refractivity contribution in [2.75, 3.05) is 7.05 Å². The van der Waals surface area contributed by atoms with Crippen molar-refractivity contribution in [3.63, 3.8) is 0 Å². The van der Waals surface area contributed by atoms with Crippen LogP contribution >= 0.6 is 0 Å². The van der Waals surface area contributed by atoms with Crippen molar-refractivity contribution in [3.8, 4) is 0 Å². The summed E-state index contributed by atoms with van der Waals surface area (Å²) in [7, 11) is 1.71. The second kappa shape index (κ2) is 4.77. The molecule has 3 heteroatoms. The third-order valence-electron chi connectivity index (χ3n) is 1.28. The minimum absolute atomic E-state index is 0.309. The normalized spacial score (nSPS) is 13.9. The van der Waals surface area contributed by atoms with Gasteiger partial charge in [-0.15, -0.1) is 0 Å². The Morgan fingerprint density at radius 1 is 1.36 bits per heavy atom. The molecule has 0 rings (SSSR count). The Balaban J connectivity index is 4.48. The van der Waals surface area contributed by atoms with E-state index in [1.54, 1.807) is 7.05 Å². The van der Waals surface area contributed by atoms with E-state index >= 15 is 0 Å². The van der Waals surface area contributed by atoms with Crippen LogP contribution in [0.25, 0.3) is 0 Å². The highest BCUT2D eigenvalue weighted by atomic mass is 15.0. The molecule has 0 aliphatic carbocycles. The van der Waals surface area contributed by atoms with Crippen molar-refractivity contribution in [3.05, 3.63) is 0 Å². The average Bonchev–Trinajstić information content (AvgIpc) is 1.99. The molecule has 0 saturated carbocycles. The summed E-state index contributed by atoms with van der Waals surface area (Å²) in [5.74, 6) is 1.79. The van der Waals surface area contributed by atoms with E-state index in [0.717, 1.165) is 11.7 Å². The summed E-state index contributed by atoms with van der Waals surface area (Å²) in [5.41, 5.74) is 0. The lowest BCUT2D eigenvalue weighted by Gasteiger charge is -2.02. The van der Waals surface area contributed by atoms with Crippen LogP contribution in [0.1, 0.15) is 20.8 Å². The lowest BCUT2D eigenvalue weighted by molar-refractivity contribution is 0.875. The summed E-state index contributed by atoms with van der Waals surface area (Å²) in [5, 5.41) is 0. The molecule has 0 aromatic rings. The Labute approximate surface area is 68.0 Å². The van der Waals surface area contributed by atoms with Crippen LogP contribution in [0, 0.1) is 5.92 Å². The fraction of sp³-hybridized carbons (Fsp3) is 0.625. The molecule has 0 aliphatic rings. The van der Waals surface area contributed by atoms with Gasteiger partial charge in [0, 0.05) is 13.0 Å². The molecule has 0 aromatic carbocycles. The van der Waals surface area contributed by atoms with Gasteiger partial charge in [0.2, 0.25) is 0 Å². The van der Waals surface area contributed by atoms with Gasteiger partial charge in [0.1, 0.15) is 11.7 Å². The molecule has 0 fully saturated rings. The van der Waals surface area contributed by atoms with Gasteiger partial charge >= 0.3 is 0 Å². The Kier molecular flexibility index (Phi) is 4.34. The quantitative estimate of drug-likeness (QED) is 0.407. The maximum absolute atomic E-state index is 4.15. The van der Waals surface area contributed by atoms with Gasteiger partial charge in [-0.25, -0.2) is 9.98 Å². The summed E-state index contributed by atoms with van der Waals surface area (Å²) in [6.45, 7) is 9.32. The fourth-order valence-electron chi connectivity index (χ4n) is 0.563. The lowest BCUT2D eigenvalue weighted by atomic mass is 10.2. The molecule has 0 aliphatic heterocycles. The fourth-order valence-corrected chi connectivity index (χ4v) is 0.563. The molecular formula is C8H15N3. The van der Waals surface area contributed by atoms with E-state index in [2.05, 4.69) is 21.7 Å². The molecule has 0 aromatic heterocycles. The van der Waals surface area contributed by atoms with Crippen LogP contribution in [-0.2, 0) is 0 Å². The zero-order valence-corrected chi connectivity index (χ0v) is 7.63. The minimum Gasteiger partial charge on any atom is -0.274 e. The van der Waals surface area contributed by atoms with Gasteiger partial charge in [-0.2, -0.15) is 0 Å². The highest BCUT2D eigenvalue weighted by Crippen LogP contribution is 1.98. The molecule has 0 bridgehead atoms. The number of hydrogen-bond donors (Lipinski definition) is 0. The van der Waals surface area contributed by atoms with Crippen LogP contribution in [-0.4, -0.2) is 25.4 Å². The van der Waals surface area contributed by atoms with Gasteiger partial charge in [-0.05, 0) is 13.6 Å². The first-order valence-corrected chi connectivity index (χ1v) is 3.60. The van der Waals surface area contributed by atoms with Crippen LogP contribution in [0.15, 0.2) is 15.0 Å². The number of amidine groups is 2. The predicted octanol–water partition coefficient (Wildman–Crippen LogP) is 1.79. The minimum atomic E-state index is 0.309. The summed E-state index contributed by atoms with van der Waals surface area (Å²) >= 11 is 0. The van der Waals surface area contributed by atoms with E-state index in [4.69, 9.17) is 0 Å². The first-order valence-electron chi connectivity index (χ1n) is 3.60. The van der Waals surface area contributed by atoms with Crippen molar-refractivity contribution < 1.29 is 0 Å². The zero-order chi connectivity index (χ0) is 8.85. The highest BCUT2D eigenvalue weighted by molar-refractivity contribution is 5.98. The molecule has 3 nitrogen and oxygen atoms in total. The zero-order valence-electron chi connectivity index (χ0n) is 7.63. The summed E-state index contributed by atoms with van der Waals surface area (Å²) in [4.78, 5) is 11.8. The highest BCUT2D eigenvalue weighted by Gasteiger charge is 2.01. The monoisotopic (exact) mass is 153 g/mol. The van der Waals surface area contributed by atoms with Crippen molar-refractivity contribution >= 4 is 18.4 Å². The van der Waals surface area contributed by atoms with E-state index in [1.807, 2.05) is 20.8 Å². The largest absolute Gasteiger partial charge is 0.274 e. The molecule has 0 saturated heterocycles. The van der Waals surface area contributed by atoms with Crippen LogP contribution in [0.5, 0.6) is 0 Å². The molecule has 0 spiro atoms. The van der Waals surface area contributed by atoms with Gasteiger partial charge in [0.05, 0.1) is 0 Å². The summed E-state index contributed by atoms with van der Waals surface area (Å²) in [6, 6.07) is 0. The Bertz CT molecular complexity index is 190. The maximum Gasteiger partial charge on any atom is 0.132 e. The molecule has 0 radical (unpaired) electrons. The van der Waals surface area contributed by atoms with Gasteiger partial charge in [-0.3, -0.25) is 4.99 Å². The Hall–Kier alpha value is -0.990. The van der Waals surface area contributed by atoms with Crippen molar-refractivity contribution in [2.45, 2.75) is 20.8 Å². The van der Waals surface area contributed by atoms with E-state index in [0.29, 0.717) is 5.92 Å². The molecule has 0 heterocycles. The number of nitrogens with zero attached hydrogens (tertiary/aromatic N) is 3. The van der Waals surface area contributed by atoms with Crippen LogP contribution in [0.3, 0.4) is 0 Å². The van der Waals surface area contributed by atoms with E-state index in [9.17, 15) is 0 Å². The maximum atomic E-state index is 4.15. The second-order valence-electron chi connectivity index (χ2n) is 2.55. The van der Waals surface area contributed by atoms with Crippen molar-refractivity contribution in [1.29, 1.82) is 0 Å². The smallest absolute Gasteiger partial charge is 0.132 e. The van der Waals surface area contributed by atoms with Crippen LogP contribution in [0.2, 0.25) is 0 Å². The topological polar surface area (TPSA) is 37.1 Å². The molecule has 0 atom stereocenters. The Morgan fingerprint density at radius 3 is 2.18 bits per heavy atom. The number of hydrogen-bond acceptors (Lipinski definition) is 1. The third-order valence-corrected chi connectivity index (χ3v) is 1.28. The third kappa shape index (κ3) is 3.65. The molecule has 0 N–H and O–H groups in total. The molecule has 0 unspecified atom stereocenters. The van der Waals surface area contributed by atoms with Gasteiger partial charge in [0.25, 0.3) is 0 Å². The molecule has 62 valence electrons. The number of rotatable bonds is 1. The Morgan fingerprint density at radius 2 is 1.91 bits per heavy atom. The molecular weight excluding hydrogens is 138 g/mol. The SMILES string of the molecule is C=NC(=NC(C)=NC)C(C)C. The van der Waals surface area contributed by atoms with E-state index in [-0.39, 0.29) is 0 Å². The first-order chi connectivity index (χ1) is 5.11. The average molecular weight is 153 g/mol. The van der Waals surface area contributed by atoms with Gasteiger partial charge in [-0.1, -0.05) is 13.8 Å². The number of aliphatic imine (C=N–C) groups is 3. The van der Waals surface area contributed by atoms with Crippen molar-refractivity contribution in [2.24, 2.45) is 20.9 Å². The van der Waals surface area contributed by atoms with Crippen LogP contribution in [0.4, 0.5) is 0 Å². The standard InChI is InChI=1S/C8H15N3/c1-6(2)8(10-5)11-7(3)9-4/h6H,5H2,1-4H3. The summed E-state index contributed by atoms with van der Waals surface area (Å²) < 4.78 is 0. The van der Waals surface area contributed by atoms with Gasteiger partial charge < -0.3 is 0 Å². The first kappa shape index (κ1) is 10.0. The second-order valence-corrected chi connectivity index (χ2v) is 2.55. The molecule has 0 amide bonds. The van der Waals surface area contributed by atoms with E-state index < -0.39 is 0 Å². The summed E-state index contributed by atoms with van der Waals surface area (Å²) in [6.07, 6.45) is 0. The molecule has 11 heavy (non-hydrogen) atoms. The van der Waals surface area contributed by atoms with E-state index in [1.165, 1.54) is 0 Å².